The number of aliphatic hydroxyl groups excluding tert-OH is 1. The van der Waals surface area contributed by atoms with Crippen LogP contribution in [-0.4, -0.2) is 59.0 Å². The zero-order valence-electron chi connectivity index (χ0n) is 21.4. The van der Waals surface area contributed by atoms with Gasteiger partial charge < -0.3 is 19.7 Å². The van der Waals surface area contributed by atoms with E-state index in [0.717, 1.165) is 5.57 Å². The Hall–Kier alpha value is -2.03. The summed E-state index contributed by atoms with van der Waals surface area (Å²) in [5, 5.41) is 25.1. The quantitative estimate of drug-likeness (QED) is 0.307. The van der Waals surface area contributed by atoms with Crippen molar-refractivity contribution in [3.05, 3.63) is 23.8 Å². The lowest BCUT2D eigenvalue weighted by Gasteiger charge is -2.48. The molecular formula is C27H41NO7. The number of allylic oxidation sites excluding steroid dienone is 1. The number of aliphatic hydroxyl groups is 2. The fraction of sp³-hybridized carbons (Fsp3) is 0.741. The molecule has 1 aliphatic carbocycles. The number of ether oxygens (including phenoxy) is 2. The Kier molecular flexibility index (Phi) is 9.29. The molecule has 4 aliphatic rings. The molecule has 0 aromatic carbocycles. The number of fused-ring (bicyclic) bond motifs is 9. The van der Waals surface area contributed by atoms with Crippen LogP contribution in [0.25, 0.3) is 0 Å². The molecule has 4 rings (SSSR count). The van der Waals surface area contributed by atoms with Gasteiger partial charge in [0.25, 0.3) is 0 Å². The lowest BCUT2D eigenvalue weighted by molar-refractivity contribution is -0.199. The molecule has 0 saturated carbocycles. The van der Waals surface area contributed by atoms with Gasteiger partial charge in [0, 0.05) is 31.8 Å². The first-order valence-corrected chi connectivity index (χ1v) is 12.9. The number of piperidine rings is 1. The summed E-state index contributed by atoms with van der Waals surface area (Å²) in [4.78, 5) is 36.6. The lowest BCUT2D eigenvalue weighted by atomic mass is 9.67. The minimum absolute atomic E-state index is 0.0411. The van der Waals surface area contributed by atoms with E-state index in [1.165, 1.54) is 0 Å². The van der Waals surface area contributed by atoms with Crippen molar-refractivity contribution in [2.24, 2.45) is 23.7 Å². The topological polar surface area (TPSA) is 122 Å². The molecule has 196 valence electrons. The molecule has 7 atom stereocenters. The van der Waals surface area contributed by atoms with E-state index in [1.807, 2.05) is 39.0 Å². The van der Waals surface area contributed by atoms with Gasteiger partial charge in [0.15, 0.2) is 0 Å². The molecule has 8 heteroatoms. The van der Waals surface area contributed by atoms with Crippen molar-refractivity contribution in [2.45, 2.75) is 96.1 Å². The Morgan fingerprint density at radius 2 is 1.89 bits per heavy atom. The van der Waals surface area contributed by atoms with Crippen LogP contribution in [0.15, 0.2) is 23.8 Å². The summed E-state index contributed by atoms with van der Waals surface area (Å²) >= 11 is 0. The van der Waals surface area contributed by atoms with Crippen LogP contribution >= 0.6 is 0 Å². The van der Waals surface area contributed by atoms with Gasteiger partial charge in [0.2, 0.25) is 11.8 Å². The van der Waals surface area contributed by atoms with Crippen molar-refractivity contribution in [1.29, 1.82) is 0 Å². The number of rotatable bonds is 5. The van der Waals surface area contributed by atoms with Crippen LogP contribution in [0.1, 0.15) is 72.1 Å². The van der Waals surface area contributed by atoms with Gasteiger partial charge >= 0.3 is 5.97 Å². The Labute approximate surface area is 208 Å². The monoisotopic (exact) mass is 491 g/mol. The van der Waals surface area contributed by atoms with Crippen molar-refractivity contribution in [1.82, 2.24) is 5.32 Å². The van der Waals surface area contributed by atoms with Crippen molar-refractivity contribution < 1.29 is 34.1 Å². The molecule has 2 saturated heterocycles. The molecule has 2 amide bonds. The molecule has 3 N–H and O–H groups in total. The molecule has 0 aromatic rings. The van der Waals surface area contributed by atoms with Gasteiger partial charge in [-0.05, 0) is 50.5 Å². The second kappa shape index (κ2) is 11.8. The first-order chi connectivity index (χ1) is 16.6. The van der Waals surface area contributed by atoms with Crippen LogP contribution in [0.5, 0.6) is 0 Å². The maximum Gasteiger partial charge on any atom is 0.312 e. The molecular weight excluding hydrogens is 450 g/mol. The van der Waals surface area contributed by atoms with E-state index < -0.39 is 29.8 Å². The van der Waals surface area contributed by atoms with E-state index in [4.69, 9.17) is 9.47 Å². The number of nitrogens with one attached hydrogen (secondary N) is 1. The molecule has 35 heavy (non-hydrogen) atoms. The van der Waals surface area contributed by atoms with Crippen LogP contribution in [0.4, 0.5) is 0 Å². The van der Waals surface area contributed by atoms with Crippen LogP contribution in [0, 0.1) is 23.7 Å². The molecule has 8 nitrogen and oxygen atoms in total. The molecule has 4 unspecified atom stereocenters. The number of hydrogen-bond acceptors (Lipinski definition) is 7. The van der Waals surface area contributed by atoms with E-state index in [9.17, 15) is 24.6 Å². The third kappa shape index (κ3) is 6.40. The highest BCUT2D eigenvalue weighted by Crippen LogP contribution is 2.44. The molecule has 3 heterocycles. The van der Waals surface area contributed by atoms with Crippen molar-refractivity contribution in [3.8, 4) is 0 Å². The number of esters is 1. The molecule has 2 bridgehead atoms. The van der Waals surface area contributed by atoms with Gasteiger partial charge in [-0.25, -0.2) is 0 Å². The lowest BCUT2D eigenvalue weighted by Crippen LogP contribution is -2.58. The van der Waals surface area contributed by atoms with E-state index in [0.29, 0.717) is 51.4 Å². The van der Waals surface area contributed by atoms with Crippen LogP contribution in [0.3, 0.4) is 0 Å². The predicted octanol–water partition coefficient (Wildman–Crippen LogP) is 2.82. The Balaban J connectivity index is 1.83. The van der Waals surface area contributed by atoms with Gasteiger partial charge in [0.1, 0.15) is 12.2 Å². The van der Waals surface area contributed by atoms with E-state index in [1.54, 1.807) is 7.11 Å². The predicted molar refractivity (Wildman–Crippen MR) is 130 cm³/mol. The fourth-order valence-corrected chi connectivity index (χ4v) is 5.99. The molecule has 2 fully saturated rings. The van der Waals surface area contributed by atoms with E-state index in [-0.39, 0.29) is 35.5 Å². The Bertz CT molecular complexity index is 836. The third-order valence-electron chi connectivity index (χ3n) is 8.10. The summed E-state index contributed by atoms with van der Waals surface area (Å²) in [6.07, 6.45) is 8.05. The SMILES string of the molecule is CO[C@H]1/C=C/CCCC2C(=O)OC(/C(C)=C\C(C)[C@@H]1O)[C@H](C)C2(O)CCCC1CC(=O)NC(=O)C1. The minimum Gasteiger partial charge on any atom is -0.457 e. The second-order valence-electron chi connectivity index (χ2n) is 10.6. The summed E-state index contributed by atoms with van der Waals surface area (Å²) in [5.74, 6) is -2.17. The van der Waals surface area contributed by atoms with Crippen LogP contribution in [0.2, 0.25) is 0 Å². The maximum absolute atomic E-state index is 13.2. The number of methoxy groups -OCH3 is 1. The number of carbonyl (C=O) groups excluding carboxylic acids is 3. The van der Waals surface area contributed by atoms with Crippen molar-refractivity contribution in [3.63, 3.8) is 0 Å². The average Bonchev–Trinajstić information content (AvgIpc) is 2.79. The first kappa shape index (κ1) is 27.6. The summed E-state index contributed by atoms with van der Waals surface area (Å²) in [7, 11) is 1.58. The van der Waals surface area contributed by atoms with Crippen molar-refractivity contribution in [2.75, 3.05) is 7.11 Å². The number of hydrogen-bond donors (Lipinski definition) is 3. The standard InChI is InChI=1S/C27H41NO7/c1-16-13-17(2)25-18(3)27(33,12-8-9-19-14-22(29)28-23(30)15-19)20(26(32)35-25)10-6-5-7-11-21(34-4)24(16)31/h7,11,13,16,18-21,24-25,31,33H,5-6,8-10,12,14-15H2,1-4H3,(H,28,29,30)/b11-7+,17-13-/t16?,18-,20?,21-,24-,25?,27?/m0/s1. The zero-order valence-corrected chi connectivity index (χ0v) is 21.4. The maximum atomic E-state index is 13.2. The summed E-state index contributed by atoms with van der Waals surface area (Å²) < 4.78 is 11.4. The highest BCUT2D eigenvalue weighted by molar-refractivity contribution is 5.97. The summed E-state index contributed by atoms with van der Waals surface area (Å²) in [6, 6.07) is 0. The van der Waals surface area contributed by atoms with Crippen molar-refractivity contribution >= 4 is 17.8 Å². The highest BCUT2D eigenvalue weighted by Gasteiger charge is 2.53. The highest BCUT2D eigenvalue weighted by atomic mass is 16.6. The Morgan fingerprint density at radius 1 is 1.20 bits per heavy atom. The average molecular weight is 492 g/mol. The normalized spacial score (nSPS) is 39.8. The number of amides is 2. The third-order valence-corrected chi connectivity index (χ3v) is 8.10. The smallest absolute Gasteiger partial charge is 0.312 e. The van der Waals surface area contributed by atoms with Gasteiger partial charge in [-0.2, -0.15) is 0 Å². The van der Waals surface area contributed by atoms with Gasteiger partial charge in [-0.1, -0.05) is 38.5 Å². The molecule has 0 spiro atoms. The first-order valence-electron chi connectivity index (χ1n) is 12.9. The molecule has 0 radical (unpaired) electrons. The number of imide groups is 1. The summed E-state index contributed by atoms with van der Waals surface area (Å²) in [5.41, 5.74) is -0.472. The second-order valence-corrected chi connectivity index (χ2v) is 10.6. The Morgan fingerprint density at radius 3 is 2.54 bits per heavy atom. The summed E-state index contributed by atoms with van der Waals surface area (Å²) in [6.45, 7) is 5.68. The largest absolute Gasteiger partial charge is 0.457 e. The fourth-order valence-electron chi connectivity index (χ4n) is 5.99. The van der Waals surface area contributed by atoms with E-state index >= 15 is 0 Å². The minimum atomic E-state index is -1.26. The van der Waals surface area contributed by atoms with Crippen LogP contribution < -0.4 is 5.32 Å². The van der Waals surface area contributed by atoms with E-state index in [2.05, 4.69) is 5.32 Å². The zero-order chi connectivity index (χ0) is 25.8. The molecule has 0 aromatic heterocycles. The molecule has 3 aliphatic heterocycles. The van der Waals surface area contributed by atoms with Gasteiger partial charge in [-0.15, -0.1) is 0 Å². The number of carbonyl (C=O) groups is 3. The van der Waals surface area contributed by atoms with Gasteiger partial charge in [0.05, 0.1) is 17.6 Å². The van der Waals surface area contributed by atoms with Gasteiger partial charge in [-0.3, -0.25) is 19.7 Å². The van der Waals surface area contributed by atoms with Crippen LogP contribution in [-0.2, 0) is 23.9 Å².